The minimum Gasteiger partial charge on any atom is -0.507 e. The molecule has 140 valence electrons. The standard InChI is InChI=1S/C22H24N2O3/c1-14-8-17(9-15(2)21(14)25)13-24-22(26)23-12-16-4-5-19-11-20(27-3)7-6-18(19)10-16/h4-11,25H,12-13H2,1-3H3,(H2,23,24,26). The van der Waals surface area contributed by atoms with Gasteiger partial charge in [0.05, 0.1) is 7.11 Å². The number of urea groups is 1. The van der Waals surface area contributed by atoms with E-state index in [0.717, 1.165) is 38.8 Å². The van der Waals surface area contributed by atoms with Gasteiger partial charge in [-0.05, 0) is 65.1 Å². The molecule has 0 aromatic heterocycles. The first-order valence-corrected chi connectivity index (χ1v) is 8.84. The second kappa shape index (κ2) is 7.99. The van der Waals surface area contributed by atoms with E-state index in [-0.39, 0.29) is 6.03 Å². The molecule has 27 heavy (non-hydrogen) atoms. The van der Waals surface area contributed by atoms with Crippen LogP contribution < -0.4 is 15.4 Å². The predicted molar refractivity (Wildman–Crippen MR) is 107 cm³/mol. The van der Waals surface area contributed by atoms with Crippen LogP contribution in [0.4, 0.5) is 4.79 Å². The third kappa shape index (κ3) is 4.50. The van der Waals surface area contributed by atoms with Gasteiger partial charge in [0.15, 0.2) is 0 Å². The average molecular weight is 364 g/mol. The van der Waals surface area contributed by atoms with Crippen molar-refractivity contribution in [3.05, 3.63) is 70.8 Å². The van der Waals surface area contributed by atoms with Crippen molar-refractivity contribution in [1.29, 1.82) is 0 Å². The van der Waals surface area contributed by atoms with E-state index in [1.165, 1.54) is 0 Å². The highest BCUT2D eigenvalue weighted by molar-refractivity contribution is 5.84. The fraction of sp³-hybridized carbons (Fsp3) is 0.227. The summed E-state index contributed by atoms with van der Waals surface area (Å²) in [5.41, 5.74) is 3.59. The molecular formula is C22H24N2O3. The number of methoxy groups -OCH3 is 1. The number of phenols is 1. The number of carbonyl (C=O) groups excluding carboxylic acids is 1. The number of benzene rings is 3. The lowest BCUT2D eigenvalue weighted by Gasteiger charge is -2.11. The fourth-order valence-corrected chi connectivity index (χ4v) is 3.09. The van der Waals surface area contributed by atoms with Crippen LogP contribution in [0.3, 0.4) is 0 Å². The number of hydrogen-bond donors (Lipinski definition) is 3. The number of fused-ring (bicyclic) bond motifs is 1. The van der Waals surface area contributed by atoms with Gasteiger partial charge in [0, 0.05) is 13.1 Å². The zero-order chi connectivity index (χ0) is 19.4. The molecule has 2 amide bonds. The summed E-state index contributed by atoms with van der Waals surface area (Å²) in [6.07, 6.45) is 0. The smallest absolute Gasteiger partial charge is 0.315 e. The van der Waals surface area contributed by atoms with Crippen molar-refractivity contribution in [2.24, 2.45) is 0 Å². The van der Waals surface area contributed by atoms with Crippen molar-refractivity contribution in [2.45, 2.75) is 26.9 Å². The Morgan fingerprint density at radius 1 is 0.889 bits per heavy atom. The molecule has 0 unspecified atom stereocenters. The van der Waals surface area contributed by atoms with Crippen molar-refractivity contribution < 1.29 is 14.6 Å². The lowest BCUT2D eigenvalue weighted by atomic mass is 10.1. The molecule has 0 bridgehead atoms. The lowest BCUT2D eigenvalue weighted by molar-refractivity contribution is 0.240. The highest BCUT2D eigenvalue weighted by atomic mass is 16.5. The summed E-state index contributed by atoms with van der Waals surface area (Å²) < 4.78 is 5.24. The number of nitrogens with one attached hydrogen (secondary N) is 2. The summed E-state index contributed by atoms with van der Waals surface area (Å²) in [5, 5.41) is 17.7. The lowest BCUT2D eigenvalue weighted by Crippen LogP contribution is -2.34. The highest BCUT2D eigenvalue weighted by Crippen LogP contribution is 2.23. The number of aryl methyl sites for hydroxylation is 2. The zero-order valence-corrected chi connectivity index (χ0v) is 15.8. The molecular weight excluding hydrogens is 340 g/mol. The van der Waals surface area contributed by atoms with Crippen molar-refractivity contribution in [2.75, 3.05) is 7.11 Å². The Kier molecular flexibility index (Phi) is 5.50. The predicted octanol–water partition coefficient (Wildman–Crippen LogP) is 4.17. The van der Waals surface area contributed by atoms with Gasteiger partial charge in [-0.15, -0.1) is 0 Å². The Balaban J connectivity index is 1.56. The van der Waals surface area contributed by atoms with Crippen LogP contribution in [0.2, 0.25) is 0 Å². The molecule has 0 saturated carbocycles. The van der Waals surface area contributed by atoms with Crippen LogP contribution in [0.25, 0.3) is 10.8 Å². The second-order valence-corrected chi connectivity index (χ2v) is 6.66. The molecule has 0 saturated heterocycles. The Morgan fingerprint density at radius 3 is 2.15 bits per heavy atom. The molecule has 3 rings (SSSR count). The Bertz CT molecular complexity index is 959. The average Bonchev–Trinajstić information content (AvgIpc) is 2.68. The summed E-state index contributed by atoms with van der Waals surface area (Å²) in [6.45, 7) is 4.55. The molecule has 0 aliphatic heterocycles. The minimum atomic E-state index is -0.229. The number of rotatable bonds is 5. The summed E-state index contributed by atoms with van der Waals surface area (Å²) >= 11 is 0. The topological polar surface area (TPSA) is 70.6 Å². The monoisotopic (exact) mass is 364 g/mol. The number of aromatic hydroxyl groups is 1. The van der Waals surface area contributed by atoms with Gasteiger partial charge in [-0.3, -0.25) is 0 Å². The largest absolute Gasteiger partial charge is 0.507 e. The van der Waals surface area contributed by atoms with Gasteiger partial charge < -0.3 is 20.5 Å². The van der Waals surface area contributed by atoms with Crippen molar-refractivity contribution >= 4 is 16.8 Å². The normalized spacial score (nSPS) is 10.6. The zero-order valence-electron chi connectivity index (χ0n) is 15.8. The van der Waals surface area contributed by atoms with E-state index >= 15 is 0 Å². The number of carbonyl (C=O) groups is 1. The van der Waals surface area contributed by atoms with E-state index in [4.69, 9.17) is 4.74 Å². The van der Waals surface area contributed by atoms with Crippen LogP contribution in [-0.4, -0.2) is 18.2 Å². The number of ether oxygens (including phenoxy) is 1. The van der Waals surface area contributed by atoms with Gasteiger partial charge in [0.1, 0.15) is 11.5 Å². The highest BCUT2D eigenvalue weighted by Gasteiger charge is 2.06. The third-order valence-corrected chi connectivity index (χ3v) is 4.57. The van der Waals surface area contributed by atoms with E-state index < -0.39 is 0 Å². The third-order valence-electron chi connectivity index (χ3n) is 4.57. The van der Waals surface area contributed by atoms with Gasteiger partial charge in [0.25, 0.3) is 0 Å². The first-order valence-electron chi connectivity index (χ1n) is 8.84. The van der Waals surface area contributed by atoms with Gasteiger partial charge in [0.2, 0.25) is 0 Å². The maximum atomic E-state index is 12.1. The molecule has 3 N–H and O–H groups in total. The molecule has 0 heterocycles. The van der Waals surface area contributed by atoms with Gasteiger partial charge in [-0.2, -0.15) is 0 Å². The number of hydrogen-bond acceptors (Lipinski definition) is 3. The SMILES string of the molecule is COc1ccc2cc(CNC(=O)NCc3cc(C)c(O)c(C)c3)ccc2c1. The summed E-state index contributed by atoms with van der Waals surface area (Å²) in [4.78, 5) is 12.1. The second-order valence-electron chi connectivity index (χ2n) is 6.66. The molecule has 3 aromatic carbocycles. The summed E-state index contributed by atoms with van der Waals surface area (Å²) in [6, 6.07) is 15.5. The van der Waals surface area contributed by atoms with Crippen LogP contribution in [0.15, 0.2) is 48.5 Å². The molecule has 5 heteroatoms. The molecule has 3 aromatic rings. The Morgan fingerprint density at radius 2 is 1.48 bits per heavy atom. The number of amides is 2. The summed E-state index contributed by atoms with van der Waals surface area (Å²) in [7, 11) is 1.65. The van der Waals surface area contributed by atoms with Crippen LogP contribution >= 0.6 is 0 Å². The van der Waals surface area contributed by atoms with Crippen LogP contribution in [0.5, 0.6) is 11.5 Å². The molecule has 0 radical (unpaired) electrons. The molecule has 0 aliphatic rings. The van der Waals surface area contributed by atoms with E-state index in [1.54, 1.807) is 7.11 Å². The van der Waals surface area contributed by atoms with Gasteiger partial charge >= 0.3 is 6.03 Å². The molecule has 0 aliphatic carbocycles. The Labute approximate surface area is 159 Å². The van der Waals surface area contributed by atoms with Crippen LogP contribution in [0.1, 0.15) is 22.3 Å². The minimum absolute atomic E-state index is 0.229. The molecule has 0 spiro atoms. The molecule has 0 atom stereocenters. The number of phenolic OH excluding ortho intramolecular Hbond substituents is 1. The van der Waals surface area contributed by atoms with Crippen molar-refractivity contribution in [1.82, 2.24) is 10.6 Å². The van der Waals surface area contributed by atoms with E-state index in [1.807, 2.05) is 56.3 Å². The van der Waals surface area contributed by atoms with Crippen LogP contribution in [0, 0.1) is 13.8 Å². The fourth-order valence-electron chi connectivity index (χ4n) is 3.09. The van der Waals surface area contributed by atoms with Crippen molar-refractivity contribution in [3.8, 4) is 11.5 Å². The summed E-state index contributed by atoms with van der Waals surface area (Å²) in [5.74, 6) is 1.13. The van der Waals surface area contributed by atoms with Gasteiger partial charge in [-0.1, -0.05) is 30.3 Å². The first-order chi connectivity index (χ1) is 13.0. The quantitative estimate of drug-likeness (QED) is 0.636. The Hall–Kier alpha value is -3.21. The van der Waals surface area contributed by atoms with Gasteiger partial charge in [-0.25, -0.2) is 4.79 Å². The van der Waals surface area contributed by atoms with Crippen LogP contribution in [-0.2, 0) is 13.1 Å². The first kappa shape index (κ1) is 18.6. The van der Waals surface area contributed by atoms with Crippen molar-refractivity contribution in [3.63, 3.8) is 0 Å². The maximum Gasteiger partial charge on any atom is 0.315 e. The van der Waals surface area contributed by atoms with E-state index in [0.29, 0.717) is 18.8 Å². The molecule has 0 fully saturated rings. The maximum absolute atomic E-state index is 12.1. The van der Waals surface area contributed by atoms with E-state index in [9.17, 15) is 9.90 Å². The molecule has 5 nitrogen and oxygen atoms in total. The van der Waals surface area contributed by atoms with E-state index in [2.05, 4.69) is 16.7 Å².